The predicted molar refractivity (Wildman–Crippen MR) is 131 cm³/mol. The SMILES string of the molecule is CCC.CN=C=O.COC#N.N#COc1ccccc1.c1ccc(Cc2ccccc2)cc1. The zero-order valence-electron chi connectivity index (χ0n) is 19.6. The number of hydrogen-bond donors (Lipinski definition) is 0. The molecule has 0 aliphatic rings. The van der Waals surface area contributed by atoms with Gasteiger partial charge >= 0.3 is 0 Å². The summed E-state index contributed by atoms with van der Waals surface area (Å²) in [4.78, 5) is 11.8. The highest BCUT2D eigenvalue weighted by Gasteiger charge is 1.92. The largest absolute Gasteiger partial charge is 0.431 e. The highest BCUT2D eigenvalue weighted by molar-refractivity contribution is 5.32. The lowest BCUT2D eigenvalue weighted by Gasteiger charge is -2.00. The quantitative estimate of drug-likeness (QED) is 0.267. The van der Waals surface area contributed by atoms with Crippen LogP contribution in [-0.4, -0.2) is 20.2 Å². The first kappa shape index (κ1) is 30.8. The minimum absolute atomic E-state index is 0.583. The molecule has 0 spiro atoms. The highest BCUT2D eigenvalue weighted by atomic mass is 16.5. The van der Waals surface area contributed by atoms with Crippen molar-refractivity contribution in [2.45, 2.75) is 26.7 Å². The van der Waals surface area contributed by atoms with E-state index in [2.05, 4.69) is 89.0 Å². The molecule has 172 valence electrons. The monoisotopic (exact) mass is 445 g/mol. The Bertz CT molecular complexity index is 892. The van der Waals surface area contributed by atoms with Gasteiger partial charge in [0.1, 0.15) is 5.75 Å². The molecule has 0 fully saturated rings. The summed E-state index contributed by atoms with van der Waals surface area (Å²) in [6, 6.07) is 30.0. The number of isocyanates is 1. The van der Waals surface area contributed by atoms with Crippen LogP contribution in [0.25, 0.3) is 0 Å². The minimum Gasteiger partial charge on any atom is -0.431 e. The van der Waals surface area contributed by atoms with E-state index in [1.165, 1.54) is 44.0 Å². The Hall–Kier alpha value is -4.38. The van der Waals surface area contributed by atoms with Gasteiger partial charge < -0.3 is 9.47 Å². The van der Waals surface area contributed by atoms with Crippen molar-refractivity contribution in [3.05, 3.63) is 102 Å². The maximum Gasteiger partial charge on any atom is 0.292 e. The van der Waals surface area contributed by atoms with Gasteiger partial charge in [0.2, 0.25) is 6.08 Å². The van der Waals surface area contributed by atoms with E-state index < -0.39 is 0 Å². The van der Waals surface area contributed by atoms with Crippen molar-refractivity contribution < 1.29 is 14.3 Å². The molecule has 0 bridgehead atoms. The number of nitriles is 2. The number of benzene rings is 3. The molecular weight excluding hydrogens is 414 g/mol. The maximum absolute atomic E-state index is 8.88. The van der Waals surface area contributed by atoms with Crippen molar-refractivity contribution in [1.29, 1.82) is 10.5 Å². The maximum atomic E-state index is 8.88. The van der Waals surface area contributed by atoms with E-state index in [0.29, 0.717) is 5.75 Å². The van der Waals surface area contributed by atoms with Gasteiger partial charge in [-0.25, -0.2) is 9.79 Å². The summed E-state index contributed by atoms with van der Waals surface area (Å²) < 4.78 is 8.36. The third-order valence-corrected chi connectivity index (χ3v) is 3.18. The summed E-state index contributed by atoms with van der Waals surface area (Å²) in [5, 5.41) is 15.5. The fourth-order valence-corrected chi connectivity index (χ4v) is 1.97. The standard InChI is InChI=1S/C13H12.C7H5NO.C3H8.2C2H3NO/c1-3-7-12(8-4-1)11-13-9-5-2-6-10-13;8-6-9-7-4-2-1-3-5-7;1-3-2;1-4-2-3;1-3-2-4/h1-10H,11H2;1-5H;3H2,1-2H3;2*1H3. The molecule has 0 unspecified atom stereocenters. The predicted octanol–water partition coefficient (Wildman–Crippen LogP) is 6.31. The van der Waals surface area contributed by atoms with E-state index in [-0.39, 0.29) is 0 Å². The average Bonchev–Trinajstić information content (AvgIpc) is 2.87. The minimum atomic E-state index is 0.583. The number of ether oxygens (including phenoxy) is 2. The van der Waals surface area contributed by atoms with Crippen molar-refractivity contribution in [2.75, 3.05) is 14.2 Å². The van der Waals surface area contributed by atoms with E-state index in [0.717, 1.165) is 6.42 Å². The van der Waals surface area contributed by atoms with Crippen LogP contribution in [0.2, 0.25) is 0 Å². The highest BCUT2D eigenvalue weighted by Crippen LogP contribution is 2.08. The fraction of sp³-hybridized carbons (Fsp3) is 0.222. The molecule has 0 radical (unpaired) electrons. The van der Waals surface area contributed by atoms with Gasteiger partial charge in [0.25, 0.3) is 12.5 Å². The van der Waals surface area contributed by atoms with Crippen LogP contribution in [0.15, 0.2) is 96.0 Å². The van der Waals surface area contributed by atoms with E-state index in [1.807, 2.05) is 18.2 Å². The van der Waals surface area contributed by atoms with E-state index in [1.54, 1.807) is 18.4 Å². The number of methoxy groups -OCH3 is 1. The molecule has 0 amide bonds. The summed E-state index contributed by atoms with van der Waals surface area (Å²) in [7, 11) is 2.70. The molecule has 0 heterocycles. The van der Waals surface area contributed by atoms with Gasteiger partial charge in [-0.1, -0.05) is 99.1 Å². The van der Waals surface area contributed by atoms with Crippen LogP contribution in [0.5, 0.6) is 5.75 Å². The van der Waals surface area contributed by atoms with Crippen LogP contribution >= 0.6 is 0 Å². The molecule has 3 rings (SSSR count). The number of carbonyl (C=O) groups excluding carboxylic acids is 1. The van der Waals surface area contributed by atoms with Gasteiger partial charge in [-0.3, -0.25) is 0 Å². The molecular formula is C27H31N3O3. The van der Waals surface area contributed by atoms with Crippen molar-refractivity contribution in [3.8, 4) is 18.3 Å². The number of hydrogen-bond acceptors (Lipinski definition) is 6. The lowest BCUT2D eigenvalue weighted by atomic mass is 10.1. The molecule has 0 aromatic heterocycles. The Balaban J connectivity index is 0. The zero-order valence-corrected chi connectivity index (χ0v) is 19.6. The molecule has 6 nitrogen and oxygen atoms in total. The number of para-hydroxylation sites is 1. The van der Waals surface area contributed by atoms with E-state index in [4.69, 9.17) is 15.3 Å². The van der Waals surface area contributed by atoms with Crippen molar-refractivity contribution in [2.24, 2.45) is 4.99 Å². The van der Waals surface area contributed by atoms with Crippen LogP contribution in [0.3, 0.4) is 0 Å². The Labute approximate surface area is 197 Å². The summed E-state index contributed by atoms with van der Waals surface area (Å²) >= 11 is 0. The smallest absolute Gasteiger partial charge is 0.292 e. The summed E-state index contributed by atoms with van der Waals surface area (Å²) in [6.45, 7) is 4.25. The third kappa shape index (κ3) is 22.1. The molecule has 3 aromatic rings. The molecule has 6 heteroatoms. The molecule has 0 saturated carbocycles. The molecule has 0 saturated heterocycles. The normalized spacial score (nSPS) is 7.58. The number of rotatable bonds is 3. The topological polar surface area (TPSA) is 95.5 Å². The Kier molecular flexibility index (Phi) is 24.0. The van der Waals surface area contributed by atoms with Crippen molar-refractivity contribution in [1.82, 2.24) is 0 Å². The zero-order chi connectivity index (χ0) is 25.0. The van der Waals surface area contributed by atoms with E-state index in [9.17, 15) is 0 Å². The second kappa shape index (κ2) is 25.7. The second-order valence-electron chi connectivity index (χ2n) is 5.97. The molecule has 3 aromatic carbocycles. The average molecular weight is 446 g/mol. The van der Waals surface area contributed by atoms with Gasteiger partial charge in [-0.2, -0.15) is 5.26 Å². The van der Waals surface area contributed by atoms with Crippen LogP contribution in [0, 0.1) is 23.0 Å². The van der Waals surface area contributed by atoms with Gasteiger partial charge in [0, 0.05) is 7.05 Å². The lowest BCUT2D eigenvalue weighted by Crippen LogP contribution is -1.85. The van der Waals surface area contributed by atoms with Gasteiger partial charge in [0.15, 0.2) is 0 Å². The van der Waals surface area contributed by atoms with Crippen LogP contribution in [0.4, 0.5) is 0 Å². The molecule has 0 N–H and O–H groups in total. The van der Waals surface area contributed by atoms with Gasteiger partial charge in [-0.15, -0.1) is 5.26 Å². The fourth-order valence-electron chi connectivity index (χ4n) is 1.97. The molecule has 33 heavy (non-hydrogen) atoms. The molecule has 0 aliphatic carbocycles. The molecule has 0 atom stereocenters. The molecule has 0 aliphatic heterocycles. The van der Waals surface area contributed by atoms with Crippen molar-refractivity contribution in [3.63, 3.8) is 0 Å². The van der Waals surface area contributed by atoms with Crippen LogP contribution in [-0.2, 0) is 16.0 Å². The van der Waals surface area contributed by atoms with Gasteiger partial charge in [0.05, 0.1) is 7.11 Å². The third-order valence-electron chi connectivity index (χ3n) is 3.18. The first-order valence-electron chi connectivity index (χ1n) is 10.2. The lowest BCUT2D eigenvalue weighted by molar-refractivity contribution is 0.362. The summed E-state index contributed by atoms with van der Waals surface area (Å²) in [6.07, 6.45) is 6.60. The second-order valence-corrected chi connectivity index (χ2v) is 5.97. The van der Waals surface area contributed by atoms with E-state index >= 15 is 0 Å². The van der Waals surface area contributed by atoms with Crippen molar-refractivity contribution >= 4 is 6.08 Å². The Morgan fingerprint density at radius 2 is 1.09 bits per heavy atom. The Morgan fingerprint density at radius 3 is 1.36 bits per heavy atom. The van der Waals surface area contributed by atoms with Crippen LogP contribution in [0.1, 0.15) is 31.4 Å². The first-order chi connectivity index (χ1) is 16.1. The van der Waals surface area contributed by atoms with Crippen LogP contribution < -0.4 is 4.74 Å². The summed E-state index contributed by atoms with van der Waals surface area (Å²) in [5.41, 5.74) is 2.74. The Morgan fingerprint density at radius 1 is 0.758 bits per heavy atom. The van der Waals surface area contributed by atoms with Gasteiger partial charge in [-0.05, 0) is 29.7 Å². The first-order valence-corrected chi connectivity index (χ1v) is 10.2. The number of aliphatic imine (C=N–C) groups is 1. The summed E-state index contributed by atoms with van der Waals surface area (Å²) in [5.74, 6) is 0.583. The number of nitrogens with zero attached hydrogens (tertiary/aromatic N) is 3.